The first-order chi connectivity index (χ1) is 8.94. The number of hydrogen-bond donors (Lipinski definition) is 2. The van der Waals surface area contributed by atoms with Crippen LogP contribution >= 0.6 is 23.4 Å². The lowest BCUT2D eigenvalue weighted by molar-refractivity contribution is 0.607. The zero-order chi connectivity index (χ0) is 13.9. The molecule has 0 radical (unpaired) electrons. The van der Waals surface area contributed by atoms with Gasteiger partial charge in [0.1, 0.15) is 0 Å². The van der Waals surface area contributed by atoms with E-state index in [2.05, 4.69) is 10.0 Å². The largest absolute Gasteiger partial charge is 0.383 e. The van der Waals surface area contributed by atoms with Crippen LogP contribution in [0, 0.1) is 5.92 Å². The molecule has 1 aromatic carbocycles. The number of halogens is 1. The van der Waals surface area contributed by atoms with Gasteiger partial charge in [0.2, 0.25) is 10.0 Å². The van der Waals surface area contributed by atoms with Crippen LogP contribution in [-0.4, -0.2) is 32.7 Å². The van der Waals surface area contributed by atoms with Crippen molar-refractivity contribution in [2.24, 2.45) is 5.92 Å². The van der Waals surface area contributed by atoms with Crippen molar-refractivity contribution in [3.8, 4) is 0 Å². The molecule has 106 valence electrons. The van der Waals surface area contributed by atoms with Crippen molar-refractivity contribution >= 4 is 44.8 Å². The second kappa shape index (κ2) is 6.24. The summed E-state index contributed by atoms with van der Waals surface area (Å²) in [6, 6.07) is 5.08. The van der Waals surface area contributed by atoms with Crippen LogP contribution in [0.4, 0.5) is 11.4 Å². The number of thioether (sulfide) groups is 1. The van der Waals surface area contributed by atoms with E-state index in [1.807, 2.05) is 11.8 Å². The van der Waals surface area contributed by atoms with Crippen LogP contribution in [0.15, 0.2) is 18.2 Å². The third-order valence-electron chi connectivity index (χ3n) is 2.87. The second-order valence-electron chi connectivity index (χ2n) is 4.68. The highest BCUT2D eigenvalue weighted by atomic mass is 35.5. The molecule has 1 saturated heterocycles. The second-order valence-corrected chi connectivity index (χ2v) is 7.98. The molecule has 19 heavy (non-hydrogen) atoms. The van der Waals surface area contributed by atoms with E-state index in [1.54, 1.807) is 18.2 Å². The summed E-state index contributed by atoms with van der Waals surface area (Å²) in [5.74, 6) is 3.05. The van der Waals surface area contributed by atoms with Crippen molar-refractivity contribution in [2.45, 2.75) is 6.42 Å². The van der Waals surface area contributed by atoms with Gasteiger partial charge >= 0.3 is 0 Å². The van der Waals surface area contributed by atoms with Gasteiger partial charge in [0.25, 0.3) is 0 Å². The molecule has 4 nitrogen and oxygen atoms in total. The molecule has 1 atom stereocenters. The highest BCUT2D eigenvalue weighted by Gasteiger charge is 2.15. The van der Waals surface area contributed by atoms with E-state index in [0.29, 0.717) is 16.6 Å². The molecule has 7 heteroatoms. The van der Waals surface area contributed by atoms with Gasteiger partial charge in [-0.05, 0) is 42.0 Å². The van der Waals surface area contributed by atoms with Crippen molar-refractivity contribution in [3.63, 3.8) is 0 Å². The van der Waals surface area contributed by atoms with Crippen LogP contribution in [0.3, 0.4) is 0 Å². The van der Waals surface area contributed by atoms with Crippen LogP contribution in [0.2, 0.25) is 5.02 Å². The van der Waals surface area contributed by atoms with Gasteiger partial charge in [-0.3, -0.25) is 4.72 Å². The fourth-order valence-electron chi connectivity index (χ4n) is 1.94. The number of anilines is 2. The maximum Gasteiger partial charge on any atom is 0.229 e. The van der Waals surface area contributed by atoms with Gasteiger partial charge in [-0.25, -0.2) is 8.42 Å². The molecule has 0 amide bonds. The summed E-state index contributed by atoms with van der Waals surface area (Å²) in [7, 11) is -3.26. The first-order valence-electron chi connectivity index (χ1n) is 6.03. The monoisotopic (exact) mass is 320 g/mol. The Kier molecular flexibility index (Phi) is 4.86. The highest BCUT2D eigenvalue weighted by molar-refractivity contribution is 7.99. The number of rotatable bonds is 5. The van der Waals surface area contributed by atoms with Crippen molar-refractivity contribution in [1.82, 2.24) is 0 Å². The standard InChI is InChI=1S/C12H17ClN2O2S2/c1-19(16,17)15-10-2-3-11(13)12(6-10)14-7-9-4-5-18-8-9/h2-3,6,9,14-15H,4-5,7-8H2,1H3. The number of sulfonamides is 1. The average molecular weight is 321 g/mol. The van der Waals surface area contributed by atoms with Crippen LogP contribution < -0.4 is 10.0 Å². The Morgan fingerprint density at radius 2 is 2.26 bits per heavy atom. The predicted molar refractivity (Wildman–Crippen MR) is 83.8 cm³/mol. The van der Waals surface area contributed by atoms with Gasteiger partial charge in [0, 0.05) is 6.54 Å². The van der Waals surface area contributed by atoms with Crippen molar-refractivity contribution < 1.29 is 8.42 Å². The van der Waals surface area contributed by atoms with Crippen LogP contribution in [-0.2, 0) is 10.0 Å². The number of hydrogen-bond acceptors (Lipinski definition) is 4. The summed E-state index contributed by atoms with van der Waals surface area (Å²) in [6.45, 7) is 0.870. The van der Waals surface area contributed by atoms with E-state index >= 15 is 0 Å². The summed E-state index contributed by atoms with van der Waals surface area (Å²) in [5.41, 5.74) is 1.29. The Hall–Kier alpha value is -0.590. The van der Waals surface area contributed by atoms with Crippen molar-refractivity contribution in [1.29, 1.82) is 0 Å². The minimum Gasteiger partial charge on any atom is -0.383 e. The molecule has 1 aromatic rings. The molecule has 2 N–H and O–H groups in total. The minimum absolute atomic E-state index is 0.523. The quantitative estimate of drug-likeness (QED) is 0.876. The van der Waals surface area contributed by atoms with Crippen molar-refractivity contribution in [3.05, 3.63) is 23.2 Å². The Bertz CT molecular complexity index is 543. The summed E-state index contributed by atoms with van der Waals surface area (Å²) < 4.78 is 24.8. The van der Waals surface area contributed by atoms with E-state index in [-0.39, 0.29) is 0 Å². The first-order valence-corrected chi connectivity index (χ1v) is 9.45. The zero-order valence-corrected chi connectivity index (χ0v) is 13.0. The van der Waals surface area contributed by atoms with Gasteiger partial charge in [-0.1, -0.05) is 11.6 Å². The Morgan fingerprint density at radius 3 is 2.89 bits per heavy atom. The van der Waals surface area contributed by atoms with Crippen LogP contribution in [0.25, 0.3) is 0 Å². The van der Waals surface area contributed by atoms with E-state index in [1.165, 1.54) is 17.9 Å². The maximum absolute atomic E-state index is 11.2. The van der Waals surface area contributed by atoms with Crippen LogP contribution in [0.1, 0.15) is 6.42 Å². The lowest BCUT2D eigenvalue weighted by atomic mass is 10.1. The smallest absolute Gasteiger partial charge is 0.229 e. The number of benzene rings is 1. The topological polar surface area (TPSA) is 58.2 Å². The minimum atomic E-state index is -3.26. The summed E-state index contributed by atoms with van der Waals surface area (Å²) in [4.78, 5) is 0. The molecule has 1 aliphatic heterocycles. The molecule has 0 bridgehead atoms. The third-order valence-corrected chi connectivity index (χ3v) is 5.04. The predicted octanol–water partition coefficient (Wildman–Crippen LogP) is 2.88. The van der Waals surface area contributed by atoms with E-state index < -0.39 is 10.0 Å². The molecule has 0 spiro atoms. The van der Waals surface area contributed by atoms with Crippen molar-refractivity contribution in [2.75, 3.05) is 34.3 Å². The molecule has 1 heterocycles. The molecule has 0 saturated carbocycles. The van der Waals surface area contributed by atoms with Crippen LogP contribution in [0.5, 0.6) is 0 Å². The average Bonchev–Trinajstić information content (AvgIpc) is 2.81. The molecule has 1 aliphatic rings. The van der Waals surface area contributed by atoms with E-state index in [9.17, 15) is 8.42 Å². The summed E-state index contributed by atoms with van der Waals surface area (Å²) >= 11 is 8.08. The fourth-order valence-corrected chi connectivity index (χ4v) is 3.96. The number of nitrogens with one attached hydrogen (secondary N) is 2. The molecule has 1 unspecified atom stereocenters. The third kappa shape index (κ3) is 4.78. The SMILES string of the molecule is CS(=O)(=O)Nc1ccc(Cl)c(NCC2CCSC2)c1. The Labute approximate surface area is 123 Å². The maximum atomic E-state index is 11.2. The molecular weight excluding hydrogens is 304 g/mol. The zero-order valence-electron chi connectivity index (χ0n) is 10.6. The molecule has 0 aliphatic carbocycles. The Morgan fingerprint density at radius 1 is 1.47 bits per heavy atom. The molecular formula is C12H17ClN2O2S2. The van der Waals surface area contributed by atoms with E-state index in [4.69, 9.17) is 11.6 Å². The van der Waals surface area contributed by atoms with Gasteiger partial charge in [0.15, 0.2) is 0 Å². The molecule has 2 rings (SSSR count). The highest BCUT2D eigenvalue weighted by Crippen LogP contribution is 2.28. The summed E-state index contributed by atoms with van der Waals surface area (Å²) in [5, 5.41) is 3.90. The Balaban J connectivity index is 2.04. The molecule has 1 fully saturated rings. The van der Waals surface area contributed by atoms with Gasteiger partial charge in [-0.15, -0.1) is 0 Å². The lowest BCUT2D eigenvalue weighted by Gasteiger charge is -2.14. The normalized spacial score (nSPS) is 19.4. The van der Waals surface area contributed by atoms with E-state index in [0.717, 1.165) is 18.5 Å². The van der Waals surface area contributed by atoms with Gasteiger partial charge in [-0.2, -0.15) is 11.8 Å². The van der Waals surface area contributed by atoms with Gasteiger partial charge < -0.3 is 5.32 Å². The first kappa shape index (κ1) is 14.8. The lowest BCUT2D eigenvalue weighted by Crippen LogP contribution is -2.14. The fraction of sp³-hybridized carbons (Fsp3) is 0.500. The summed E-state index contributed by atoms with van der Waals surface area (Å²) in [6.07, 6.45) is 2.35. The molecule has 0 aromatic heterocycles. The van der Waals surface area contributed by atoms with Gasteiger partial charge in [0.05, 0.1) is 22.7 Å².